The van der Waals surface area contributed by atoms with Gasteiger partial charge in [-0.05, 0) is 18.6 Å². The van der Waals surface area contributed by atoms with Gasteiger partial charge < -0.3 is 0 Å². The fraction of sp³-hybridized carbons (Fsp3) is 0.286. The van der Waals surface area contributed by atoms with Crippen molar-refractivity contribution in [2.75, 3.05) is 0 Å². The van der Waals surface area contributed by atoms with Crippen molar-refractivity contribution >= 4 is 46.0 Å². The average Bonchev–Trinajstić information content (AvgIpc) is 2.97. The van der Waals surface area contributed by atoms with E-state index in [9.17, 15) is 0 Å². The predicted molar refractivity (Wildman–Crippen MR) is 86.8 cm³/mol. The summed E-state index contributed by atoms with van der Waals surface area (Å²) < 4.78 is 3.68. The summed E-state index contributed by atoms with van der Waals surface area (Å²) in [5.74, 6) is 0.962. The second-order valence-electron chi connectivity index (χ2n) is 4.66. The van der Waals surface area contributed by atoms with Crippen LogP contribution in [0, 0.1) is 0 Å². The molecule has 0 radical (unpaired) electrons. The van der Waals surface area contributed by atoms with Crippen LogP contribution in [0.5, 0.6) is 0 Å². The molecule has 21 heavy (non-hydrogen) atoms. The first-order valence-electron chi connectivity index (χ1n) is 6.52. The van der Waals surface area contributed by atoms with Gasteiger partial charge in [0.25, 0.3) is 0 Å². The number of hydrogen-bond donors (Lipinski definition) is 0. The number of fused-ring (bicyclic) bond motifs is 1. The van der Waals surface area contributed by atoms with Crippen molar-refractivity contribution in [3.63, 3.8) is 0 Å². The standard InChI is InChI=1S/C14H13Cl3N4/c1-3-10-12-14(20(2)19-10)21(11(7-15)18-12)13-8(16)5-4-6-9(13)17/h4-6H,3,7H2,1-2H3. The second-order valence-corrected chi connectivity index (χ2v) is 5.75. The fourth-order valence-electron chi connectivity index (χ4n) is 2.49. The molecule has 0 aliphatic rings. The zero-order valence-corrected chi connectivity index (χ0v) is 13.8. The van der Waals surface area contributed by atoms with E-state index in [0.717, 1.165) is 23.3 Å². The van der Waals surface area contributed by atoms with Gasteiger partial charge in [0.1, 0.15) is 11.3 Å². The van der Waals surface area contributed by atoms with Crippen molar-refractivity contribution < 1.29 is 0 Å². The number of rotatable bonds is 3. The second kappa shape index (κ2) is 5.52. The number of benzene rings is 1. The molecule has 0 unspecified atom stereocenters. The van der Waals surface area contributed by atoms with E-state index in [1.807, 2.05) is 24.6 Å². The van der Waals surface area contributed by atoms with Gasteiger partial charge in [-0.15, -0.1) is 11.6 Å². The highest BCUT2D eigenvalue weighted by Crippen LogP contribution is 2.33. The third-order valence-corrected chi connectivity index (χ3v) is 4.24. The lowest BCUT2D eigenvalue weighted by atomic mass is 10.3. The number of hydrogen-bond acceptors (Lipinski definition) is 2. The molecule has 2 aromatic heterocycles. The van der Waals surface area contributed by atoms with Crippen molar-refractivity contribution in [1.29, 1.82) is 0 Å². The maximum absolute atomic E-state index is 6.34. The normalized spacial score (nSPS) is 11.5. The molecule has 0 aliphatic heterocycles. The summed E-state index contributed by atoms with van der Waals surface area (Å²) in [6, 6.07) is 5.40. The van der Waals surface area contributed by atoms with E-state index in [0.29, 0.717) is 21.6 Å². The maximum Gasteiger partial charge on any atom is 0.163 e. The molecule has 0 amide bonds. The maximum atomic E-state index is 6.34. The molecule has 0 spiro atoms. The molecule has 0 saturated carbocycles. The summed E-state index contributed by atoms with van der Waals surface area (Å²) >= 11 is 18.7. The molecule has 110 valence electrons. The summed E-state index contributed by atoms with van der Waals surface area (Å²) in [6.07, 6.45) is 0.798. The van der Waals surface area contributed by atoms with Gasteiger partial charge in [0.2, 0.25) is 0 Å². The van der Waals surface area contributed by atoms with E-state index in [1.165, 1.54) is 0 Å². The molecule has 0 fully saturated rings. The van der Waals surface area contributed by atoms with Crippen LogP contribution in [0.3, 0.4) is 0 Å². The van der Waals surface area contributed by atoms with E-state index >= 15 is 0 Å². The van der Waals surface area contributed by atoms with E-state index in [2.05, 4.69) is 10.1 Å². The molecule has 0 N–H and O–H groups in total. The number of alkyl halides is 1. The number of para-hydroxylation sites is 1. The van der Waals surface area contributed by atoms with Crippen LogP contribution < -0.4 is 0 Å². The van der Waals surface area contributed by atoms with Gasteiger partial charge in [-0.3, -0.25) is 4.57 Å². The number of aromatic nitrogens is 4. The SMILES string of the molecule is CCc1nn(C)c2c1nc(CCl)n2-c1c(Cl)cccc1Cl. The van der Waals surface area contributed by atoms with Crippen LogP contribution in [0.1, 0.15) is 18.4 Å². The number of nitrogens with zero attached hydrogens (tertiary/aromatic N) is 4. The molecule has 3 aromatic rings. The zero-order chi connectivity index (χ0) is 15.1. The highest BCUT2D eigenvalue weighted by atomic mass is 35.5. The molecule has 4 nitrogen and oxygen atoms in total. The molecule has 2 heterocycles. The molecule has 3 rings (SSSR count). The minimum absolute atomic E-state index is 0.263. The molecule has 1 aromatic carbocycles. The Bertz CT molecular complexity index is 799. The molecule has 0 saturated heterocycles. The number of halogens is 3. The summed E-state index contributed by atoms with van der Waals surface area (Å²) in [7, 11) is 1.88. The average molecular weight is 344 g/mol. The first-order valence-corrected chi connectivity index (χ1v) is 7.81. The Kier molecular flexibility index (Phi) is 3.86. The molecule has 7 heteroatoms. The quantitative estimate of drug-likeness (QED) is 0.662. The van der Waals surface area contributed by atoms with Gasteiger partial charge in [-0.2, -0.15) is 5.10 Å². The Morgan fingerprint density at radius 1 is 1.19 bits per heavy atom. The Morgan fingerprint density at radius 3 is 2.43 bits per heavy atom. The Morgan fingerprint density at radius 2 is 1.86 bits per heavy atom. The van der Waals surface area contributed by atoms with Crippen LogP contribution in [0.2, 0.25) is 10.0 Å². The van der Waals surface area contributed by atoms with Crippen LogP contribution in [0.15, 0.2) is 18.2 Å². The van der Waals surface area contributed by atoms with Crippen LogP contribution >= 0.6 is 34.8 Å². The van der Waals surface area contributed by atoms with Gasteiger partial charge >= 0.3 is 0 Å². The largest absolute Gasteiger partial charge is 0.277 e. The lowest BCUT2D eigenvalue weighted by Gasteiger charge is -2.12. The summed E-state index contributed by atoms with van der Waals surface area (Å²) in [5.41, 5.74) is 3.30. The third-order valence-electron chi connectivity index (χ3n) is 3.39. The molecule has 0 aliphatic carbocycles. The van der Waals surface area contributed by atoms with Gasteiger partial charge in [-0.1, -0.05) is 36.2 Å². The van der Waals surface area contributed by atoms with Crippen LogP contribution in [0.4, 0.5) is 0 Å². The summed E-state index contributed by atoms with van der Waals surface area (Å²) in [5, 5.41) is 5.59. The smallest absolute Gasteiger partial charge is 0.163 e. The van der Waals surface area contributed by atoms with Crippen LogP contribution in [-0.4, -0.2) is 19.3 Å². The van der Waals surface area contributed by atoms with Crippen molar-refractivity contribution in [1.82, 2.24) is 19.3 Å². The monoisotopic (exact) mass is 342 g/mol. The number of imidazole rings is 1. The molecular formula is C14H13Cl3N4. The van der Waals surface area contributed by atoms with Gasteiger partial charge in [0, 0.05) is 7.05 Å². The number of aryl methyl sites for hydroxylation is 2. The Labute approximate surface area is 137 Å². The topological polar surface area (TPSA) is 35.6 Å². The van der Waals surface area contributed by atoms with Crippen molar-refractivity contribution in [3.05, 3.63) is 39.8 Å². The van der Waals surface area contributed by atoms with E-state index in [-0.39, 0.29) is 5.88 Å². The fourth-order valence-corrected chi connectivity index (χ4v) is 3.24. The molecule has 0 bridgehead atoms. The van der Waals surface area contributed by atoms with E-state index in [4.69, 9.17) is 34.8 Å². The van der Waals surface area contributed by atoms with Crippen LogP contribution in [-0.2, 0) is 19.3 Å². The minimum atomic E-state index is 0.263. The lowest BCUT2D eigenvalue weighted by Crippen LogP contribution is -2.05. The highest BCUT2D eigenvalue weighted by Gasteiger charge is 2.21. The highest BCUT2D eigenvalue weighted by molar-refractivity contribution is 6.37. The van der Waals surface area contributed by atoms with Gasteiger partial charge in [0.15, 0.2) is 5.65 Å². The molecular weight excluding hydrogens is 331 g/mol. The van der Waals surface area contributed by atoms with Crippen molar-refractivity contribution in [3.8, 4) is 5.69 Å². The Balaban J connectivity index is 2.44. The third kappa shape index (κ3) is 2.22. The van der Waals surface area contributed by atoms with Crippen molar-refractivity contribution in [2.24, 2.45) is 7.05 Å². The lowest BCUT2D eigenvalue weighted by molar-refractivity contribution is 0.744. The predicted octanol–water partition coefficient (Wildman–Crippen LogP) is 4.37. The summed E-state index contributed by atoms with van der Waals surface area (Å²) in [6.45, 7) is 2.05. The van der Waals surface area contributed by atoms with Gasteiger partial charge in [0.05, 0.1) is 27.3 Å². The van der Waals surface area contributed by atoms with E-state index in [1.54, 1.807) is 16.8 Å². The van der Waals surface area contributed by atoms with Crippen LogP contribution in [0.25, 0.3) is 16.9 Å². The summed E-state index contributed by atoms with van der Waals surface area (Å²) in [4.78, 5) is 4.61. The first kappa shape index (κ1) is 14.7. The molecule has 0 atom stereocenters. The van der Waals surface area contributed by atoms with Gasteiger partial charge in [-0.25, -0.2) is 9.67 Å². The first-order chi connectivity index (χ1) is 10.1. The minimum Gasteiger partial charge on any atom is -0.277 e. The van der Waals surface area contributed by atoms with Crippen molar-refractivity contribution in [2.45, 2.75) is 19.2 Å². The van der Waals surface area contributed by atoms with E-state index < -0.39 is 0 Å². The zero-order valence-electron chi connectivity index (χ0n) is 11.6. The Hall–Kier alpha value is -1.23.